The van der Waals surface area contributed by atoms with Gasteiger partial charge in [-0.05, 0) is 27.8 Å². The second-order valence-corrected chi connectivity index (χ2v) is 2.03. The first-order valence-electron chi connectivity index (χ1n) is 3.38. The first-order chi connectivity index (χ1) is 4.65. The lowest BCUT2D eigenvalue weighted by Crippen LogP contribution is -2.03. The van der Waals surface area contributed by atoms with Gasteiger partial charge in [-0.3, -0.25) is 0 Å². The number of likely N-dealkylation sites (N-methyl/N-ethyl adjacent to an activating group) is 1. The second kappa shape index (κ2) is 11.2. The molecule has 0 rings (SSSR count). The van der Waals surface area contributed by atoms with Gasteiger partial charge in [-0.1, -0.05) is 12.2 Å². The molecule has 10 heavy (non-hydrogen) atoms. The van der Waals surface area contributed by atoms with Gasteiger partial charge in [0.05, 0.1) is 0 Å². The Hall–Kier alpha value is -0.630. The van der Waals surface area contributed by atoms with Crippen LogP contribution in [0.1, 0.15) is 20.8 Å². The van der Waals surface area contributed by atoms with Crippen molar-refractivity contribution >= 4 is 5.78 Å². The van der Waals surface area contributed by atoms with Gasteiger partial charge in [0.15, 0.2) is 0 Å². The van der Waals surface area contributed by atoms with E-state index < -0.39 is 0 Å². The zero-order valence-corrected chi connectivity index (χ0v) is 7.27. The summed E-state index contributed by atoms with van der Waals surface area (Å²) >= 11 is 0. The molecule has 0 bridgehead atoms. The molecule has 0 unspecified atom stereocenters. The predicted molar refractivity (Wildman–Crippen MR) is 45.1 cm³/mol. The molecular formula is C8H17NO. The lowest BCUT2D eigenvalue weighted by Gasteiger charge is -1.81. The Labute approximate surface area is 63.3 Å². The third-order valence-electron chi connectivity index (χ3n) is 0.558. The molecule has 0 aliphatic carbocycles. The Bertz CT molecular complexity index is 93.4. The Kier molecular flexibility index (Phi) is 13.5. The van der Waals surface area contributed by atoms with Crippen LogP contribution in [0.4, 0.5) is 0 Å². The fourth-order valence-corrected chi connectivity index (χ4v) is 0.236. The number of hydrogen-bond donors (Lipinski definition) is 1. The number of hydrogen-bond acceptors (Lipinski definition) is 2. The van der Waals surface area contributed by atoms with E-state index in [0.29, 0.717) is 0 Å². The van der Waals surface area contributed by atoms with Gasteiger partial charge in [-0.2, -0.15) is 0 Å². The quantitative estimate of drug-likeness (QED) is 0.592. The van der Waals surface area contributed by atoms with E-state index in [0.717, 1.165) is 6.54 Å². The van der Waals surface area contributed by atoms with Gasteiger partial charge in [0.2, 0.25) is 0 Å². The average molecular weight is 143 g/mol. The number of carbonyl (C=O) groups excluding carboxylic acids is 1. The average Bonchev–Trinajstić information content (AvgIpc) is 1.82. The van der Waals surface area contributed by atoms with Crippen LogP contribution in [0.5, 0.6) is 0 Å². The van der Waals surface area contributed by atoms with E-state index >= 15 is 0 Å². The van der Waals surface area contributed by atoms with E-state index in [9.17, 15) is 4.79 Å². The summed E-state index contributed by atoms with van der Waals surface area (Å²) in [7, 11) is 1.93. The van der Waals surface area contributed by atoms with Crippen LogP contribution in [0.25, 0.3) is 0 Å². The van der Waals surface area contributed by atoms with Crippen molar-refractivity contribution in [2.24, 2.45) is 0 Å². The number of ketones is 1. The molecule has 0 fully saturated rings. The summed E-state index contributed by atoms with van der Waals surface area (Å²) < 4.78 is 0. The minimum atomic E-state index is 0.167. The van der Waals surface area contributed by atoms with Crippen molar-refractivity contribution in [3.05, 3.63) is 12.2 Å². The minimum Gasteiger partial charge on any atom is -0.316 e. The highest BCUT2D eigenvalue weighted by molar-refractivity contribution is 5.72. The number of allylic oxidation sites excluding steroid dienone is 1. The number of nitrogens with one attached hydrogen (secondary N) is 1. The number of carbonyl (C=O) groups is 1. The van der Waals surface area contributed by atoms with Crippen LogP contribution in [0.3, 0.4) is 0 Å². The molecule has 0 saturated carbocycles. The smallest absolute Gasteiger partial charge is 0.126 e. The highest BCUT2D eigenvalue weighted by atomic mass is 16.1. The first kappa shape index (κ1) is 12.1. The number of Topliss-reactive ketones (excluding diaryl/α,β-unsaturated/α-hetero) is 1. The molecule has 0 atom stereocenters. The number of rotatable bonds is 2. The highest BCUT2D eigenvalue weighted by Gasteiger charge is 1.62. The maximum atomic E-state index is 9.44. The van der Waals surface area contributed by atoms with Gasteiger partial charge in [0, 0.05) is 6.54 Å². The first-order valence-corrected chi connectivity index (χ1v) is 3.38. The molecule has 0 aromatic heterocycles. The minimum absolute atomic E-state index is 0.167. The van der Waals surface area contributed by atoms with Crippen LogP contribution in [0.2, 0.25) is 0 Å². The monoisotopic (exact) mass is 143 g/mol. The van der Waals surface area contributed by atoms with Crippen molar-refractivity contribution in [1.82, 2.24) is 5.32 Å². The van der Waals surface area contributed by atoms with E-state index in [1.165, 1.54) is 13.8 Å². The lowest BCUT2D eigenvalue weighted by molar-refractivity contribution is -0.114. The van der Waals surface area contributed by atoms with Gasteiger partial charge in [-0.25, -0.2) is 0 Å². The Morgan fingerprint density at radius 2 is 1.90 bits per heavy atom. The molecule has 0 radical (unpaired) electrons. The predicted octanol–water partition coefficient (Wildman–Crippen LogP) is 1.38. The molecule has 0 aliphatic rings. The summed E-state index contributed by atoms with van der Waals surface area (Å²) in [5.41, 5.74) is 0. The summed E-state index contributed by atoms with van der Waals surface area (Å²) in [6.45, 7) is 6.05. The Morgan fingerprint density at radius 3 is 2.00 bits per heavy atom. The van der Waals surface area contributed by atoms with E-state index in [1.54, 1.807) is 0 Å². The van der Waals surface area contributed by atoms with Gasteiger partial charge in [0.25, 0.3) is 0 Å². The molecule has 1 N–H and O–H groups in total. The molecule has 0 aliphatic heterocycles. The third-order valence-corrected chi connectivity index (χ3v) is 0.558. The van der Waals surface area contributed by atoms with E-state index in [2.05, 4.69) is 11.4 Å². The van der Waals surface area contributed by atoms with Crippen molar-refractivity contribution in [2.75, 3.05) is 13.6 Å². The molecule has 2 heteroatoms. The third kappa shape index (κ3) is 53.2. The zero-order valence-electron chi connectivity index (χ0n) is 7.27. The fourth-order valence-electron chi connectivity index (χ4n) is 0.236. The largest absolute Gasteiger partial charge is 0.316 e. The normalized spacial score (nSPS) is 8.80. The van der Waals surface area contributed by atoms with Crippen molar-refractivity contribution in [3.63, 3.8) is 0 Å². The maximum absolute atomic E-state index is 9.44. The fraction of sp³-hybridized carbons (Fsp3) is 0.625. The van der Waals surface area contributed by atoms with E-state index in [1.807, 2.05) is 20.0 Å². The van der Waals surface area contributed by atoms with Gasteiger partial charge in [-0.15, -0.1) is 0 Å². The molecule has 60 valence electrons. The van der Waals surface area contributed by atoms with Crippen LogP contribution < -0.4 is 5.32 Å². The van der Waals surface area contributed by atoms with Crippen LogP contribution in [-0.4, -0.2) is 19.4 Å². The molecule has 0 spiro atoms. The molecule has 0 amide bonds. The Balaban J connectivity index is 0. The SMILES string of the molecule is C/C=C/CNC.CC(C)=O. The second-order valence-electron chi connectivity index (χ2n) is 2.03. The van der Waals surface area contributed by atoms with Crippen LogP contribution in [0, 0.1) is 0 Å². The highest BCUT2D eigenvalue weighted by Crippen LogP contribution is 1.61. The summed E-state index contributed by atoms with van der Waals surface area (Å²) in [4.78, 5) is 9.44. The van der Waals surface area contributed by atoms with Gasteiger partial charge >= 0.3 is 0 Å². The summed E-state index contributed by atoms with van der Waals surface area (Å²) in [5, 5.41) is 2.98. The lowest BCUT2D eigenvalue weighted by atomic mass is 10.5. The molecular weight excluding hydrogens is 126 g/mol. The zero-order chi connectivity index (χ0) is 8.41. The molecule has 2 nitrogen and oxygen atoms in total. The summed E-state index contributed by atoms with van der Waals surface area (Å²) in [5.74, 6) is 0.167. The maximum Gasteiger partial charge on any atom is 0.126 e. The topological polar surface area (TPSA) is 29.1 Å². The van der Waals surface area contributed by atoms with Crippen LogP contribution in [-0.2, 0) is 4.79 Å². The van der Waals surface area contributed by atoms with Crippen molar-refractivity contribution in [1.29, 1.82) is 0 Å². The molecule has 0 aromatic carbocycles. The van der Waals surface area contributed by atoms with Crippen LogP contribution >= 0.6 is 0 Å². The molecule has 0 aromatic rings. The molecule has 0 heterocycles. The summed E-state index contributed by atoms with van der Waals surface area (Å²) in [6.07, 6.45) is 4.09. The van der Waals surface area contributed by atoms with Crippen molar-refractivity contribution in [2.45, 2.75) is 20.8 Å². The van der Waals surface area contributed by atoms with Crippen molar-refractivity contribution in [3.8, 4) is 0 Å². The van der Waals surface area contributed by atoms with Crippen molar-refractivity contribution < 1.29 is 4.79 Å². The van der Waals surface area contributed by atoms with E-state index in [4.69, 9.17) is 0 Å². The standard InChI is InChI=1S/C5H11N.C3H6O/c1-3-4-5-6-2;1-3(2)4/h3-4,6H,5H2,1-2H3;1-2H3/b4-3+;. The van der Waals surface area contributed by atoms with Gasteiger partial charge in [0.1, 0.15) is 5.78 Å². The van der Waals surface area contributed by atoms with Gasteiger partial charge < -0.3 is 10.1 Å². The Morgan fingerprint density at radius 1 is 1.50 bits per heavy atom. The van der Waals surface area contributed by atoms with Crippen LogP contribution in [0.15, 0.2) is 12.2 Å². The molecule has 0 saturated heterocycles. The summed E-state index contributed by atoms with van der Waals surface area (Å²) in [6, 6.07) is 0. The van der Waals surface area contributed by atoms with E-state index in [-0.39, 0.29) is 5.78 Å².